The molecule has 4 nitrogen and oxygen atoms in total. The molecule has 1 fully saturated rings. The zero-order chi connectivity index (χ0) is 13.8. The summed E-state index contributed by atoms with van der Waals surface area (Å²) in [5.74, 6) is 1.70. The summed E-state index contributed by atoms with van der Waals surface area (Å²) in [7, 11) is 0. The Morgan fingerprint density at radius 2 is 2.25 bits per heavy atom. The Balaban J connectivity index is 1.71. The second kappa shape index (κ2) is 6.27. The summed E-state index contributed by atoms with van der Waals surface area (Å²) < 4.78 is 5.67. The Bertz CT molecular complexity index is 469. The van der Waals surface area contributed by atoms with Crippen LogP contribution < -0.4 is 15.0 Å². The fourth-order valence-electron chi connectivity index (χ4n) is 3.05. The van der Waals surface area contributed by atoms with Gasteiger partial charge in [-0.3, -0.25) is 4.79 Å². The Kier molecular flexibility index (Phi) is 4.21. The summed E-state index contributed by atoms with van der Waals surface area (Å²) >= 11 is 0. The Hall–Kier alpha value is -1.55. The Morgan fingerprint density at radius 1 is 1.35 bits per heavy atom. The summed E-state index contributed by atoms with van der Waals surface area (Å²) in [6, 6.07) is 7.86. The molecule has 1 atom stereocenters. The summed E-state index contributed by atoms with van der Waals surface area (Å²) in [6.07, 6.45) is 4.05. The van der Waals surface area contributed by atoms with Gasteiger partial charge in [-0.25, -0.2) is 0 Å². The number of ether oxygens (including phenoxy) is 1. The molecule has 1 N–H and O–H groups in total. The second-order valence-corrected chi connectivity index (χ2v) is 5.61. The summed E-state index contributed by atoms with van der Waals surface area (Å²) in [6.45, 7) is 3.50. The summed E-state index contributed by atoms with van der Waals surface area (Å²) in [4.78, 5) is 14.2. The Morgan fingerprint density at radius 3 is 3.10 bits per heavy atom. The van der Waals surface area contributed by atoms with Crippen LogP contribution in [-0.4, -0.2) is 32.1 Å². The van der Waals surface area contributed by atoms with Crippen LogP contribution in [-0.2, 0) is 4.79 Å². The number of para-hydroxylation sites is 2. The smallest absolute Gasteiger partial charge is 0.230 e. The first-order chi connectivity index (χ1) is 9.84. The third kappa shape index (κ3) is 2.96. The van der Waals surface area contributed by atoms with E-state index in [1.165, 1.54) is 12.8 Å². The van der Waals surface area contributed by atoms with Crippen LogP contribution in [0.25, 0.3) is 0 Å². The van der Waals surface area contributed by atoms with Crippen molar-refractivity contribution in [3.05, 3.63) is 24.3 Å². The van der Waals surface area contributed by atoms with E-state index in [0.29, 0.717) is 18.9 Å². The van der Waals surface area contributed by atoms with Gasteiger partial charge in [0.05, 0.1) is 18.7 Å². The van der Waals surface area contributed by atoms with E-state index >= 15 is 0 Å². The van der Waals surface area contributed by atoms with E-state index in [1.807, 2.05) is 29.2 Å². The predicted molar refractivity (Wildman–Crippen MR) is 79.1 cm³/mol. The molecule has 0 bridgehead atoms. The molecule has 20 heavy (non-hydrogen) atoms. The van der Waals surface area contributed by atoms with Crippen molar-refractivity contribution in [1.82, 2.24) is 5.32 Å². The van der Waals surface area contributed by atoms with Crippen LogP contribution in [0.5, 0.6) is 5.75 Å². The lowest BCUT2D eigenvalue weighted by Gasteiger charge is -2.27. The van der Waals surface area contributed by atoms with Crippen molar-refractivity contribution >= 4 is 11.6 Å². The summed E-state index contributed by atoms with van der Waals surface area (Å²) in [5, 5.41) is 3.44. The van der Waals surface area contributed by atoms with Crippen LogP contribution in [0.2, 0.25) is 0 Å². The van der Waals surface area contributed by atoms with E-state index in [4.69, 9.17) is 4.74 Å². The SMILES string of the molecule is O=C1CCOc2ccccc2N1CCC1CCCNC1. The van der Waals surface area contributed by atoms with Crippen LogP contribution >= 0.6 is 0 Å². The van der Waals surface area contributed by atoms with Gasteiger partial charge in [-0.15, -0.1) is 0 Å². The highest BCUT2D eigenvalue weighted by Crippen LogP contribution is 2.31. The second-order valence-electron chi connectivity index (χ2n) is 5.61. The highest BCUT2D eigenvalue weighted by atomic mass is 16.5. The number of nitrogens with one attached hydrogen (secondary N) is 1. The first kappa shape index (κ1) is 13.4. The number of amides is 1. The highest BCUT2D eigenvalue weighted by molar-refractivity contribution is 5.95. The third-order valence-corrected chi connectivity index (χ3v) is 4.19. The van der Waals surface area contributed by atoms with Crippen molar-refractivity contribution in [1.29, 1.82) is 0 Å². The van der Waals surface area contributed by atoms with Gasteiger partial charge in [0.25, 0.3) is 0 Å². The molecular weight excluding hydrogens is 252 g/mol. The molecule has 1 saturated heterocycles. The number of anilines is 1. The molecule has 108 valence electrons. The fraction of sp³-hybridized carbons (Fsp3) is 0.562. The highest BCUT2D eigenvalue weighted by Gasteiger charge is 2.24. The molecule has 1 amide bonds. The van der Waals surface area contributed by atoms with Gasteiger partial charge in [0.2, 0.25) is 5.91 Å². The number of hydrogen-bond acceptors (Lipinski definition) is 3. The van der Waals surface area contributed by atoms with E-state index in [1.54, 1.807) is 0 Å². The van der Waals surface area contributed by atoms with Gasteiger partial charge in [-0.2, -0.15) is 0 Å². The van der Waals surface area contributed by atoms with Crippen LogP contribution in [0.4, 0.5) is 5.69 Å². The van der Waals surface area contributed by atoms with Gasteiger partial charge in [0.15, 0.2) is 0 Å². The third-order valence-electron chi connectivity index (χ3n) is 4.19. The Labute approximate surface area is 120 Å². The molecule has 2 aliphatic heterocycles. The molecule has 1 aromatic rings. The zero-order valence-electron chi connectivity index (χ0n) is 11.8. The minimum atomic E-state index is 0.179. The van der Waals surface area contributed by atoms with Crippen LogP contribution in [0.1, 0.15) is 25.7 Å². The van der Waals surface area contributed by atoms with Crippen molar-refractivity contribution in [2.45, 2.75) is 25.7 Å². The van der Waals surface area contributed by atoms with Gasteiger partial charge in [-0.1, -0.05) is 12.1 Å². The van der Waals surface area contributed by atoms with Crippen LogP contribution in [0.3, 0.4) is 0 Å². The van der Waals surface area contributed by atoms with Gasteiger partial charge < -0.3 is 15.0 Å². The quantitative estimate of drug-likeness (QED) is 0.918. The minimum Gasteiger partial charge on any atom is -0.491 e. The van der Waals surface area contributed by atoms with Gasteiger partial charge in [-0.05, 0) is 50.4 Å². The molecule has 2 aliphatic rings. The maximum absolute atomic E-state index is 12.3. The van der Waals surface area contributed by atoms with Crippen molar-refractivity contribution in [3.63, 3.8) is 0 Å². The molecule has 2 heterocycles. The minimum absolute atomic E-state index is 0.179. The number of benzene rings is 1. The standard InChI is InChI=1S/C16H22N2O2/c19-16-8-11-20-15-6-2-1-5-14(15)18(16)10-7-13-4-3-9-17-12-13/h1-2,5-6,13,17H,3-4,7-12H2. The van der Waals surface area contributed by atoms with E-state index in [2.05, 4.69) is 5.32 Å². The van der Waals surface area contributed by atoms with Gasteiger partial charge in [0, 0.05) is 6.54 Å². The zero-order valence-corrected chi connectivity index (χ0v) is 11.8. The molecule has 3 rings (SSSR count). The van der Waals surface area contributed by atoms with E-state index in [-0.39, 0.29) is 5.91 Å². The molecule has 0 aromatic heterocycles. The normalized spacial score (nSPS) is 22.9. The number of carbonyl (C=O) groups excluding carboxylic acids is 1. The first-order valence-corrected chi connectivity index (χ1v) is 7.57. The first-order valence-electron chi connectivity index (χ1n) is 7.57. The van der Waals surface area contributed by atoms with E-state index < -0.39 is 0 Å². The van der Waals surface area contributed by atoms with Crippen molar-refractivity contribution in [3.8, 4) is 5.75 Å². The molecule has 0 radical (unpaired) electrons. The lowest BCUT2D eigenvalue weighted by Crippen LogP contribution is -2.35. The van der Waals surface area contributed by atoms with E-state index in [0.717, 1.165) is 37.5 Å². The molecule has 0 aliphatic carbocycles. The number of nitrogens with zero attached hydrogens (tertiary/aromatic N) is 1. The predicted octanol–water partition coefficient (Wildman–Crippen LogP) is 2.19. The molecule has 4 heteroatoms. The molecule has 0 spiro atoms. The molecule has 1 aromatic carbocycles. The number of piperidine rings is 1. The van der Waals surface area contributed by atoms with Crippen LogP contribution in [0.15, 0.2) is 24.3 Å². The van der Waals surface area contributed by atoms with Crippen molar-refractivity contribution in [2.24, 2.45) is 5.92 Å². The topological polar surface area (TPSA) is 41.6 Å². The van der Waals surface area contributed by atoms with Crippen molar-refractivity contribution < 1.29 is 9.53 Å². The van der Waals surface area contributed by atoms with Gasteiger partial charge >= 0.3 is 0 Å². The maximum Gasteiger partial charge on any atom is 0.230 e. The lowest BCUT2D eigenvalue weighted by atomic mass is 9.96. The largest absolute Gasteiger partial charge is 0.491 e. The lowest BCUT2D eigenvalue weighted by molar-refractivity contribution is -0.118. The number of carbonyl (C=O) groups is 1. The molecular formula is C16H22N2O2. The van der Waals surface area contributed by atoms with Crippen LogP contribution in [0, 0.1) is 5.92 Å². The average Bonchev–Trinajstić information content (AvgIpc) is 2.65. The molecule has 0 saturated carbocycles. The monoisotopic (exact) mass is 274 g/mol. The number of rotatable bonds is 3. The number of fused-ring (bicyclic) bond motifs is 1. The van der Waals surface area contributed by atoms with Crippen molar-refractivity contribution in [2.75, 3.05) is 31.1 Å². The fourth-order valence-corrected chi connectivity index (χ4v) is 3.05. The van der Waals surface area contributed by atoms with Gasteiger partial charge in [0.1, 0.15) is 5.75 Å². The molecule has 1 unspecified atom stereocenters. The summed E-state index contributed by atoms with van der Waals surface area (Å²) in [5.41, 5.74) is 0.929. The van der Waals surface area contributed by atoms with E-state index in [9.17, 15) is 4.79 Å². The maximum atomic E-state index is 12.3. The number of hydrogen-bond donors (Lipinski definition) is 1. The average molecular weight is 274 g/mol.